The number of likely N-dealkylation sites (tertiary alicyclic amines) is 1. The Bertz CT molecular complexity index is 3550. The molecule has 3 aromatic carbocycles. The van der Waals surface area contributed by atoms with Crippen LogP contribution in [0.2, 0.25) is 5.02 Å². The van der Waals surface area contributed by atoms with Crippen molar-refractivity contribution in [1.82, 2.24) is 45.9 Å². The summed E-state index contributed by atoms with van der Waals surface area (Å²) in [6.45, 7) is 12.4. The number of carbonyl (C=O) groups is 9. The number of benzene rings is 3. The van der Waals surface area contributed by atoms with Gasteiger partial charge in [-0.3, -0.25) is 47.7 Å². The van der Waals surface area contributed by atoms with E-state index in [0.29, 0.717) is 36.8 Å². The van der Waals surface area contributed by atoms with E-state index in [0.717, 1.165) is 21.7 Å². The van der Waals surface area contributed by atoms with Crippen LogP contribution in [0.4, 0.5) is 0 Å². The highest BCUT2D eigenvalue weighted by Gasteiger charge is 2.47. The molecule has 2 aromatic heterocycles. The van der Waals surface area contributed by atoms with Gasteiger partial charge >= 0.3 is 7.60 Å². The van der Waals surface area contributed by atoms with Crippen LogP contribution in [-0.4, -0.2) is 161 Å². The molecule has 478 valence electrons. The number of hydrogen-bond acceptors (Lipinski definition) is 14. The van der Waals surface area contributed by atoms with Crippen LogP contribution >= 0.6 is 30.5 Å². The average Bonchev–Trinajstić information content (AvgIpc) is 2.05. The highest BCUT2D eigenvalue weighted by molar-refractivity contribution is 7.70. The number of aromatic nitrogens is 2. The summed E-state index contributed by atoms with van der Waals surface area (Å²) in [6.07, 6.45) is 0.581. The quantitative estimate of drug-likeness (QED) is 0.0368. The molecule has 3 saturated heterocycles. The van der Waals surface area contributed by atoms with Gasteiger partial charge in [0.2, 0.25) is 41.4 Å². The number of amides is 8. The van der Waals surface area contributed by atoms with Gasteiger partial charge in [-0.1, -0.05) is 82.6 Å². The van der Waals surface area contributed by atoms with Crippen LogP contribution in [0.1, 0.15) is 137 Å². The lowest BCUT2D eigenvalue weighted by molar-refractivity contribution is -0.146. The van der Waals surface area contributed by atoms with E-state index in [-0.39, 0.29) is 91.7 Å². The number of ether oxygens (including phenoxy) is 1. The van der Waals surface area contributed by atoms with E-state index in [4.69, 9.17) is 22.1 Å². The number of aryl methyl sites for hydroxylation is 2. The van der Waals surface area contributed by atoms with Gasteiger partial charge in [0, 0.05) is 67.3 Å². The maximum absolute atomic E-state index is 14.8. The number of thiazole rings is 1. The van der Waals surface area contributed by atoms with Crippen LogP contribution in [0.25, 0.3) is 21.3 Å². The molecule has 89 heavy (non-hydrogen) atoms. The Morgan fingerprint density at radius 1 is 0.899 bits per heavy atom. The fourth-order valence-electron chi connectivity index (χ4n) is 11.6. The first-order valence-corrected chi connectivity index (χ1v) is 32.6. The number of hydrogen-bond donors (Lipinski definition) is 9. The van der Waals surface area contributed by atoms with Crippen molar-refractivity contribution in [3.05, 3.63) is 105 Å². The molecule has 3 fully saturated rings. The Morgan fingerprint density at radius 2 is 1.62 bits per heavy atom. The molecule has 27 heteroatoms. The highest BCUT2D eigenvalue weighted by Crippen LogP contribution is 2.40. The largest absolute Gasteiger partial charge is 0.490 e. The zero-order chi connectivity index (χ0) is 64.8. The SMILES string of the molecule is Cc1ncsc1-c1ccc([C@H](C)NC(=O)[C@@H]2C[C@@H](O)CN2C(=O)[C@@H](NC(=O)CCCc2cccc(OC[C@H](CCC(N)=O)NC(=O)[C@@H]3CC[C@@H]4CCN(C(=O)C(C)C)C[C@H](NC(=O)c5cc6cc(C(=O)P(=O)(O)O)ccc6[nH]5)C(=O)N43)c2Cl)C(C)(C)C)cc1. The predicted octanol–water partition coefficient (Wildman–Crippen LogP) is 5.44. The number of aliphatic hydroxyl groups is 1. The first-order valence-electron chi connectivity index (χ1n) is 29.7. The second-order valence-corrected chi connectivity index (χ2v) is 27.3. The number of halogens is 1. The van der Waals surface area contributed by atoms with Crippen molar-refractivity contribution in [1.29, 1.82) is 0 Å². The van der Waals surface area contributed by atoms with E-state index in [1.54, 1.807) is 69.7 Å². The lowest BCUT2D eigenvalue weighted by Gasteiger charge is -2.39. The van der Waals surface area contributed by atoms with Crippen LogP contribution in [0.5, 0.6) is 5.75 Å². The molecule has 8 rings (SSSR count). The van der Waals surface area contributed by atoms with Gasteiger partial charge in [-0.2, -0.15) is 0 Å². The fraction of sp³-hybridized carbons (Fsp3) is 0.484. The Morgan fingerprint density at radius 3 is 2.28 bits per heavy atom. The van der Waals surface area contributed by atoms with E-state index in [1.165, 1.54) is 39.0 Å². The van der Waals surface area contributed by atoms with Gasteiger partial charge in [-0.25, -0.2) is 4.98 Å². The zero-order valence-electron chi connectivity index (χ0n) is 50.7. The van der Waals surface area contributed by atoms with E-state index in [1.807, 2.05) is 38.1 Å². The third-order valence-electron chi connectivity index (χ3n) is 16.5. The molecule has 5 aromatic rings. The second-order valence-electron chi connectivity index (χ2n) is 24.6. The average molecular weight is 1290 g/mol. The molecular formula is C62H78ClN10O14PS. The summed E-state index contributed by atoms with van der Waals surface area (Å²) in [7, 11) is -5.10. The Kier molecular flexibility index (Phi) is 21.6. The molecule has 0 saturated carbocycles. The Balaban J connectivity index is 0.880. The number of rotatable bonds is 23. The summed E-state index contributed by atoms with van der Waals surface area (Å²) in [4.78, 5) is 154. The first-order chi connectivity index (χ1) is 42.0. The second kappa shape index (κ2) is 28.5. The zero-order valence-corrected chi connectivity index (χ0v) is 53.2. The lowest BCUT2D eigenvalue weighted by atomic mass is 9.85. The van der Waals surface area contributed by atoms with Crippen LogP contribution in [0, 0.1) is 18.3 Å². The predicted molar refractivity (Wildman–Crippen MR) is 332 cm³/mol. The summed E-state index contributed by atoms with van der Waals surface area (Å²) >= 11 is 8.47. The van der Waals surface area contributed by atoms with Gasteiger partial charge in [0.15, 0.2) is 0 Å². The third kappa shape index (κ3) is 16.5. The molecule has 0 aliphatic carbocycles. The molecule has 24 nitrogen and oxygen atoms in total. The Labute approximate surface area is 524 Å². The van der Waals surface area contributed by atoms with Crippen molar-refractivity contribution in [3.8, 4) is 16.2 Å². The molecule has 0 unspecified atom stereocenters. The molecule has 8 atom stereocenters. The molecule has 0 bridgehead atoms. The number of β-amino-alcohol motifs (C(OH)–C–C–N with tert-alkyl or cyclic N) is 1. The number of primary amides is 1. The van der Waals surface area contributed by atoms with Crippen LogP contribution in [0.15, 0.2) is 72.2 Å². The van der Waals surface area contributed by atoms with Crippen LogP contribution in [-0.2, 0) is 44.5 Å². The van der Waals surface area contributed by atoms with E-state index < -0.39 is 114 Å². The summed E-state index contributed by atoms with van der Waals surface area (Å²) in [5, 5.41) is 22.9. The van der Waals surface area contributed by atoms with Gasteiger partial charge in [-0.15, -0.1) is 11.3 Å². The van der Waals surface area contributed by atoms with Gasteiger partial charge in [-0.05, 0) is 105 Å². The van der Waals surface area contributed by atoms with Crippen molar-refractivity contribution >= 4 is 94.2 Å². The molecule has 10 N–H and O–H groups in total. The van der Waals surface area contributed by atoms with E-state index >= 15 is 0 Å². The highest BCUT2D eigenvalue weighted by atomic mass is 35.5. The van der Waals surface area contributed by atoms with Crippen molar-refractivity contribution in [2.24, 2.45) is 17.1 Å². The molecule has 8 amide bonds. The molecular weight excluding hydrogens is 1210 g/mol. The summed E-state index contributed by atoms with van der Waals surface area (Å²) < 4.78 is 17.9. The smallest absolute Gasteiger partial charge is 0.396 e. The number of nitrogens with two attached hydrogens (primary N) is 1. The number of nitrogens with zero attached hydrogens (tertiary/aromatic N) is 4. The molecule has 3 aliphatic heterocycles. The van der Waals surface area contributed by atoms with Crippen LogP contribution in [0.3, 0.4) is 0 Å². The number of aromatic amines is 1. The van der Waals surface area contributed by atoms with Gasteiger partial charge in [0.05, 0.1) is 39.3 Å². The van der Waals surface area contributed by atoms with E-state index in [9.17, 15) is 62.6 Å². The molecule has 0 radical (unpaired) electrons. The van der Waals surface area contributed by atoms with Crippen molar-refractivity contribution in [3.63, 3.8) is 0 Å². The van der Waals surface area contributed by atoms with Crippen LogP contribution < -0.4 is 31.7 Å². The van der Waals surface area contributed by atoms with Gasteiger partial charge in [0.25, 0.3) is 11.4 Å². The number of nitrogens with one attached hydrogen (secondary N) is 5. The maximum Gasteiger partial charge on any atom is 0.396 e. The minimum atomic E-state index is -5.10. The van der Waals surface area contributed by atoms with Crippen molar-refractivity contribution < 1.29 is 67.3 Å². The van der Waals surface area contributed by atoms with E-state index in [2.05, 4.69) is 31.2 Å². The van der Waals surface area contributed by atoms with Crippen molar-refractivity contribution in [2.45, 2.75) is 155 Å². The number of fused-ring (bicyclic) bond motifs is 2. The summed E-state index contributed by atoms with van der Waals surface area (Å²) in [6, 6.07) is 12.0. The lowest BCUT2D eigenvalue weighted by Crippen LogP contribution is -2.61. The third-order valence-corrected chi connectivity index (χ3v) is 18.7. The van der Waals surface area contributed by atoms with Gasteiger partial charge in [0.1, 0.15) is 42.2 Å². The normalized spacial score (nSPS) is 19.8. The van der Waals surface area contributed by atoms with Gasteiger partial charge < -0.3 is 66.3 Å². The van der Waals surface area contributed by atoms with Crippen molar-refractivity contribution in [2.75, 3.05) is 26.2 Å². The number of aliphatic hydroxyl groups excluding tert-OH is 1. The molecule has 0 spiro atoms. The number of carbonyl (C=O) groups excluding carboxylic acids is 9. The monoisotopic (exact) mass is 1280 g/mol. The topological polar surface area (TPSA) is 353 Å². The maximum atomic E-state index is 14.8. The standard InChI is InChI=1S/C62H78ClN10O14PS/c1-33(2)58(80)71-25-24-42-20-22-47(73(42)59(81)46(30-71)69-55(77)45-27-40-26-39(18-21-44(40)68-45)61(83)88(84,85)86)56(78)67-41(19-23-50(64)75)31-87-49-12-8-10-37(52(49)63)11-9-13-51(76)70-54(62(5,6)7)60(82)72-29-43(74)28-48(72)57(79)66-34(3)36-14-16-38(17-15-36)53-35(4)65-32-89-53/h8,10,12,14-18,21,26-27,32-34,41-43,46-48,54,68,74H,9,11,13,19-20,22-25,28-31H2,1-7H3,(H2,64,75)(H,66,79)(H,67,78)(H,69,77)(H,70,76)(H2,84,85,86)/t34-,41-,42+,43+,46-,47-,48-,54+/m0/s1. The Hall–Kier alpha value is -7.54. The fourth-order valence-corrected chi connectivity index (χ4v) is 13.2. The minimum absolute atomic E-state index is 0.00242. The first kappa shape index (κ1) is 67.4. The molecule has 5 heterocycles. The summed E-state index contributed by atoms with van der Waals surface area (Å²) in [5.41, 5.74) is 8.63. The molecule has 3 aliphatic rings. The summed E-state index contributed by atoms with van der Waals surface area (Å²) in [5.74, 6) is -4.36. The number of H-pyrrole nitrogens is 1. The minimum Gasteiger partial charge on any atom is -0.490 e.